The molecule has 0 atom stereocenters. The van der Waals surface area contributed by atoms with Gasteiger partial charge in [0.05, 0.1) is 17.1 Å². The molecule has 0 radical (unpaired) electrons. The van der Waals surface area contributed by atoms with Gasteiger partial charge in [0.1, 0.15) is 11.6 Å². The van der Waals surface area contributed by atoms with Crippen molar-refractivity contribution in [2.24, 2.45) is 0 Å². The first-order chi connectivity index (χ1) is 6.97. The number of rotatable bonds is 2. The van der Waals surface area contributed by atoms with E-state index in [0.717, 1.165) is 13.2 Å². The molecule has 1 aromatic rings. The number of hydrogen-bond acceptors (Lipinski definition) is 3. The van der Waals surface area contributed by atoms with E-state index in [1.54, 1.807) is 0 Å². The van der Waals surface area contributed by atoms with Gasteiger partial charge in [-0.15, -0.1) is 0 Å². The minimum absolute atomic E-state index is 0.124. The molecule has 0 heterocycles. The van der Waals surface area contributed by atoms with Gasteiger partial charge in [0, 0.05) is 0 Å². The van der Waals surface area contributed by atoms with E-state index in [9.17, 15) is 18.4 Å². The second-order valence-corrected chi connectivity index (χ2v) is 3.42. The average molecular weight is 279 g/mol. The van der Waals surface area contributed by atoms with Crippen LogP contribution in [0.1, 0.15) is 10.4 Å². The highest BCUT2D eigenvalue weighted by Gasteiger charge is 2.22. The number of Topliss-reactive ketones (excluding diaryl/α,β-unsaturated/α-hetero) is 1. The second kappa shape index (κ2) is 4.48. The number of halogens is 3. The van der Waals surface area contributed by atoms with Crippen LogP contribution in [0, 0.1) is 11.6 Å². The van der Waals surface area contributed by atoms with E-state index in [1.165, 1.54) is 0 Å². The maximum Gasteiger partial charge on any atom is 0.379 e. The molecule has 6 heteroatoms. The molecule has 1 aromatic carbocycles. The van der Waals surface area contributed by atoms with Crippen LogP contribution in [-0.2, 0) is 9.53 Å². The first-order valence-corrected chi connectivity index (χ1v) is 4.54. The van der Waals surface area contributed by atoms with Crippen molar-refractivity contribution in [3.8, 4) is 0 Å². The van der Waals surface area contributed by atoms with Crippen molar-refractivity contribution in [3.05, 3.63) is 33.8 Å². The number of methoxy groups -OCH3 is 1. The van der Waals surface area contributed by atoms with Crippen LogP contribution in [0.15, 0.2) is 16.6 Å². The largest absolute Gasteiger partial charge is 0.463 e. The van der Waals surface area contributed by atoms with E-state index in [4.69, 9.17) is 0 Å². The number of carbonyl (C=O) groups excluding carboxylic acids is 2. The third-order valence-electron chi connectivity index (χ3n) is 1.63. The Morgan fingerprint density at radius 2 is 1.87 bits per heavy atom. The summed E-state index contributed by atoms with van der Waals surface area (Å²) in [6, 6.07) is 1.41. The normalized spacial score (nSPS) is 9.87. The van der Waals surface area contributed by atoms with Crippen molar-refractivity contribution >= 4 is 27.7 Å². The minimum atomic E-state index is -1.24. The number of ether oxygens (including phenoxy) is 1. The highest BCUT2D eigenvalue weighted by Crippen LogP contribution is 2.20. The highest BCUT2D eigenvalue weighted by molar-refractivity contribution is 9.10. The summed E-state index contributed by atoms with van der Waals surface area (Å²) in [6.07, 6.45) is 0. The number of benzene rings is 1. The summed E-state index contributed by atoms with van der Waals surface area (Å²) >= 11 is 2.74. The van der Waals surface area contributed by atoms with Crippen LogP contribution in [-0.4, -0.2) is 18.9 Å². The third-order valence-corrected chi connectivity index (χ3v) is 2.23. The summed E-state index contributed by atoms with van der Waals surface area (Å²) in [7, 11) is 0.980. The molecule has 0 spiro atoms. The number of esters is 1. The molecular weight excluding hydrogens is 274 g/mol. The van der Waals surface area contributed by atoms with Crippen molar-refractivity contribution in [1.29, 1.82) is 0 Å². The van der Waals surface area contributed by atoms with Gasteiger partial charge in [-0.3, -0.25) is 4.79 Å². The van der Waals surface area contributed by atoms with Gasteiger partial charge < -0.3 is 4.74 Å². The standard InChI is InChI=1S/C9H5BrF2O3/c1-15-9(14)8(13)4-2-7(12)5(10)3-6(4)11/h2-3H,1H3. The van der Waals surface area contributed by atoms with Gasteiger partial charge in [0.25, 0.3) is 5.78 Å². The lowest BCUT2D eigenvalue weighted by Crippen LogP contribution is -2.17. The Kier molecular flexibility index (Phi) is 3.52. The molecule has 0 aromatic heterocycles. The Bertz CT molecular complexity index is 432. The summed E-state index contributed by atoms with van der Waals surface area (Å²) in [5.41, 5.74) is -0.650. The van der Waals surface area contributed by atoms with Gasteiger partial charge in [-0.1, -0.05) is 0 Å². The molecule has 0 amide bonds. The van der Waals surface area contributed by atoms with E-state index < -0.39 is 29.0 Å². The Morgan fingerprint density at radius 1 is 1.27 bits per heavy atom. The lowest BCUT2D eigenvalue weighted by atomic mass is 10.1. The SMILES string of the molecule is COC(=O)C(=O)c1cc(F)c(Br)cc1F. The second-order valence-electron chi connectivity index (χ2n) is 2.57. The zero-order valence-electron chi connectivity index (χ0n) is 7.51. The molecule has 0 aliphatic heterocycles. The minimum Gasteiger partial charge on any atom is -0.463 e. The molecule has 0 unspecified atom stereocenters. The molecule has 0 saturated carbocycles. The van der Waals surface area contributed by atoms with Crippen LogP contribution in [0.4, 0.5) is 8.78 Å². The van der Waals surface area contributed by atoms with Crippen LogP contribution >= 0.6 is 15.9 Å². The van der Waals surface area contributed by atoms with Crippen molar-refractivity contribution in [3.63, 3.8) is 0 Å². The summed E-state index contributed by atoms with van der Waals surface area (Å²) in [5.74, 6) is -4.28. The maximum absolute atomic E-state index is 13.2. The van der Waals surface area contributed by atoms with Crippen LogP contribution in [0.3, 0.4) is 0 Å². The van der Waals surface area contributed by atoms with E-state index >= 15 is 0 Å². The van der Waals surface area contributed by atoms with Crippen molar-refractivity contribution < 1.29 is 23.1 Å². The molecule has 15 heavy (non-hydrogen) atoms. The van der Waals surface area contributed by atoms with Crippen molar-refractivity contribution in [2.45, 2.75) is 0 Å². The first-order valence-electron chi connectivity index (χ1n) is 3.74. The van der Waals surface area contributed by atoms with Crippen molar-refractivity contribution in [1.82, 2.24) is 0 Å². The van der Waals surface area contributed by atoms with Crippen molar-refractivity contribution in [2.75, 3.05) is 7.11 Å². The molecule has 0 N–H and O–H groups in total. The summed E-state index contributed by atoms with van der Waals surface area (Å²) < 4.78 is 30.1. The summed E-state index contributed by atoms with van der Waals surface area (Å²) in [5, 5.41) is 0. The predicted molar refractivity (Wildman–Crippen MR) is 50.4 cm³/mol. The Balaban J connectivity index is 3.21. The van der Waals surface area contributed by atoms with Gasteiger partial charge in [0.2, 0.25) is 0 Å². The quantitative estimate of drug-likeness (QED) is 0.360. The molecule has 0 aliphatic carbocycles. The lowest BCUT2D eigenvalue weighted by molar-refractivity contribution is -0.135. The topological polar surface area (TPSA) is 43.4 Å². The fraction of sp³-hybridized carbons (Fsp3) is 0.111. The zero-order valence-corrected chi connectivity index (χ0v) is 9.10. The Morgan fingerprint density at radius 3 is 2.40 bits per heavy atom. The van der Waals surface area contributed by atoms with Gasteiger partial charge in [-0.05, 0) is 28.1 Å². The summed E-state index contributed by atoms with van der Waals surface area (Å²) in [4.78, 5) is 22.0. The van der Waals surface area contributed by atoms with E-state index in [0.29, 0.717) is 6.07 Å². The van der Waals surface area contributed by atoms with Gasteiger partial charge in [0.15, 0.2) is 0 Å². The van der Waals surface area contributed by atoms with E-state index in [-0.39, 0.29) is 4.47 Å². The third kappa shape index (κ3) is 2.38. The predicted octanol–water partition coefficient (Wildman–Crippen LogP) is 2.08. The Hall–Kier alpha value is -1.30. The van der Waals surface area contributed by atoms with Crippen LogP contribution in [0.5, 0.6) is 0 Å². The number of hydrogen-bond donors (Lipinski definition) is 0. The number of carbonyl (C=O) groups is 2. The van der Waals surface area contributed by atoms with Gasteiger partial charge in [-0.2, -0.15) is 0 Å². The molecule has 0 aliphatic rings. The fourth-order valence-electron chi connectivity index (χ4n) is 0.899. The van der Waals surface area contributed by atoms with Gasteiger partial charge >= 0.3 is 5.97 Å². The van der Waals surface area contributed by atoms with E-state index in [2.05, 4.69) is 20.7 Å². The van der Waals surface area contributed by atoms with Crippen LogP contribution < -0.4 is 0 Å². The molecule has 3 nitrogen and oxygen atoms in total. The fourth-order valence-corrected chi connectivity index (χ4v) is 1.21. The molecule has 0 fully saturated rings. The number of ketones is 1. The molecule has 80 valence electrons. The molecule has 0 bridgehead atoms. The molecule has 0 saturated heterocycles. The monoisotopic (exact) mass is 278 g/mol. The lowest BCUT2D eigenvalue weighted by Gasteiger charge is -2.02. The van der Waals surface area contributed by atoms with E-state index in [1.807, 2.05) is 0 Å². The smallest absolute Gasteiger partial charge is 0.379 e. The average Bonchev–Trinajstić information content (AvgIpc) is 2.21. The summed E-state index contributed by atoms with van der Waals surface area (Å²) in [6.45, 7) is 0. The molecular formula is C9H5BrF2O3. The van der Waals surface area contributed by atoms with Crippen LogP contribution in [0.2, 0.25) is 0 Å². The maximum atomic E-state index is 13.2. The van der Waals surface area contributed by atoms with Gasteiger partial charge in [-0.25, -0.2) is 13.6 Å². The zero-order chi connectivity index (χ0) is 11.6. The highest BCUT2D eigenvalue weighted by atomic mass is 79.9. The van der Waals surface area contributed by atoms with Crippen LogP contribution in [0.25, 0.3) is 0 Å². The molecule has 1 rings (SSSR count). The first kappa shape index (κ1) is 11.8. The Labute approximate surface area is 92.2 Å².